The zero-order valence-corrected chi connectivity index (χ0v) is 13.5. The van der Waals surface area contributed by atoms with Gasteiger partial charge < -0.3 is 10.4 Å². The lowest BCUT2D eigenvalue weighted by Crippen LogP contribution is -2.57. The molecule has 4 rings (SSSR count). The van der Waals surface area contributed by atoms with E-state index in [2.05, 4.69) is 61.6 Å². The maximum atomic E-state index is 10.6. The highest BCUT2D eigenvalue weighted by Gasteiger charge is 2.63. The average Bonchev–Trinajstić information content (AvgIpc) is 2.87. The minimum Gasteiger partial charge on any atom is -0.391 e. The molecule has 116 valence electrons. The van der Waals surface area contributed by atoms with Gasteiger partial charge in [0.05, 0.1) is 6.10 Å². The molecule has 3 unspecified atom stereocenters. The summed E-state index contributed by atoms with van der Waals surface area (Å²) in [5.41, 5.74) is 1.37. The molecule has 0 radical (unpaired) electrons. The van der Waals surface area contributed by atoms with E-state index in [1.807, 2.05) is 0 Å². The molecule has 2 fully saturated rings. The van der Waals surface area contributed by atoms with Crippen LogP contribution in [-0.2, 0) is 6.54 Å². The van der Waals surface area contributed by atoms with Crippen molar-refractivity contribution < 1.29 is 5.11 Å². The van der Waals surface area contributed by atoms with Gasteiger partial charge in [0.15, 0.2) is 0 Å². The van der Waals surface area contributed by atoms with Crippen molar-refractivity contribution in [2.24, 2.45) is 11.3 Å². The molecule has 2 heteroatoms. The quantitative estimate of drug-likeness (QED) is 0.901. The van der Waals surface area contributed by atoms with Crippen LogP contribution in [0.3, 0.4) is 0 Å². The number of nitrogens with one attached hydrogen (secondary N) is 1. The Hall–Kier alpha value is -1.38. The van der Waals surface area contributed by atoms with Gasteiger partial charge in [-0.15, -0.1) is 0 Å². The van der Waals surface area contributed by atoms with Crippen molar-refractivity contribution in [2.75, 3.05) is 0 Å². The van der Waals surface area contributed by atoms with E-state index in [-0.39, 0.29) is 17.1 Å². The molecule has 0 saturated heterocycles. The number of aliphatic hydroxyl groups excluding tert-OH is 1. The van der Waals surface area contributed by atoms with E-state index < -0.39 is 0 Å². The van der Waals surface area contributed by atoms with Crippen LogP contribution in [-0.4, -0.2) is 16.7 Å². The Morgan fingerprint density at radius 3 is 2.59 bits per heavy atom. The first-order chi connectivity index (χ1) is 10.5. The Labute approximate surface area is 132 Å². The number of benzene rings is 2. The van der Waals surface area contributed by atoms with Gasteiger partial charge in [-0.05, 0) is 53.0 Å². The smallest absolute Gasteiger partial charge is 0.0730 e. The number of aliphatic hydroxyl groups is 1. The maximum Gasteiger partial charge on any atom is 0.0730 e. The van der Waals surface area contributed by atoms with Crippen LogP contribution in [0.1, 0.15) is 38.7 Å². The highest BCUT2D eigenvalue weighted by Crippen LogP contribution is 2.60. The van der Waals surface area contributed by atoms with Crippen LogP contribution in [0.4, 0.5) is 0 Å². The van der Waals surface area contributed by atoms with E-state index in [1.165, 1.54) is 22.8 Å². The predicted octanol–water partition coefficient (Wildman–Crippen LogP) is 3.87. The topological polar surface area (TPSA) is 32.3 Å². The summed E-state index contributed by atoms with van der Waals surface area (Å²) >= 11 is 0. The van der Waals surface area contributed by atoms with Crippen molar-refractivity contribution >= 4 is 10.8 Å². The molecule has 0 aliphatic heterocycles. The van der Waals surface area contributed by atoms with Crippen molar-refractivity contribution in [1.82, 2.24) is 5.32 Å². The van der Waals surface area contributed by atoms with Crippen molar-refractivity contribution in [3.8, 4) is 0 Å². The van der Waals surface area contributed by atoms with Gasteiger partial charge in [-0.3, -0.25) is 0 Å². The first-order valence-corrected chi connectivity index (χ1v) is 8.44. The van der Waals surface area contributed by atoms with Gasteiger partial charge in [-0.25, -0.2) is 0 Å². The first-order valence-electron chi connectivity index (χ1n) is 8.44. The minimum atomic E-state index is -0.207. The number of hydrogen-bond donors (Lipinski definition) is 2. The fourth-order valence-corrected chi connectivity index (χ4v) is 4.97. The van der Waals surface area contributed by atoms with Crippen LogP contribution in [0.25, 0.3) is 10.8 Å². The third-order valence-electron chi connectivity index (χ3n) is 6.56. The van der Waals surface area contributed by atoms with E-state index in [0.717, 1.165) is 19.4 Å². The van der Waals surface area contributed by atoms with Gasteiger partial charge in [0.25, 0.3) is 0 Å². The van der Waals surface area contributed by atoms with Crippen molar-refractivity contribution in [3.05, 3.63) is 48.0 Å². The van der Waals surface area contributed by atoms with Crippen LogP contribution in [0.2, 0.25) is 0 Å². The molecule has 2 bridgehead atoms. The summed E-state index contributed by atoms with van der Waals surface area (Å²) in [6, 6.07) is 15.1. The van der Waals surface area contributed by atoms with Gasteiger partial charge >= 0.3 is 0 Å². The van der Waals surface area contributed by atoms with Crippen molar-refractivity contribution in [1.29, 1.82) is 0 Å². The summed E-state index contributed by atoms with van der Waals surface area (Å²) in [7, 11) is 0. The van der Waals surface area contributed by atoms with Gasteiger partial charge in [-0.1, -0.05) is 50.2 Å². The van der Waals surface area contributed by atoms with Crippen LogP contribution >= 0.6 is 0 Å². The van der Waals surface area contributed by atoms with Gasteiger partial charge in [-0.2, -0.15) is 0 Å². The summed E-state index contributed by atoms with van der Waals surface area (Å²) in [6.45, 7) is 5.49. The number of rotatable bonds is 3. The molecule has 2 aliphatic rings. The summed E-state index contributed by atoms with van der Waals surface area (Å²) in [5.74, 6) is 0.659. The summed E-state index contributed by atoms with van der Waals surface area (Å²) in [6.07, 6.45) is 3.09. The Morgan fingerprint density at radius 1 is 1.14 bits per heavy atom. The van der Waals surface area contributed by atoms with Gasteiger partial charge in [0, 0.05) is 12.1 Å². The second-order valence-electron chi connectivity index (χ2n) is 7.72. The molecule has 2 N–H and O–H groups in total. The average molecular weight is 295 g/mol. The molecule has 2 aromatic carbocycles. The van der Waals surface area contributed by atoms with Crippen LogP contribution in [0, 0.1) is 11.3 Å². The molecular formula is C20H25NO. The van der Waals surface area contributed by atoms with Crippen molar-refractivity contribution in [2.45, 2.75) is 51.3 Å². The normalized spacial score (nSPS) is 32.7. The van der Waals surface area contributed by atoms with E-state index >= 15 is 0 Å². The monoisotopic (exact) mass is 295 g/mol. The molecule has 0 amide bonds. The lowest BCUT2D eigenvalue weighted by atomic mass is 9.75. The Balaban J connectivity index is 1.58. The SMILES string of the molecule is CC1(C)C2CCC1(NCc1ccc3ccccc3c1)C(O)C2. The second-order valence-corrected chi connectivity index (χ2v) is 7.72. The number of hydrogen-bond acceptors (Lipinski definition) is 2. The standard InChI is InChI=1S/C20H25NO/c1-19(2)17-9-10-20(19,18(22)12-17)21-13-14-7-8-15-5-3-4-6-16(15)11-14/h3-8,11,17-18,21-22H,9-10,12-13H2,1-2H3. The zero-order valence-electron chi connectivity index (χ0n) is 13.5. The van der Waals surface area contributed by atoms with Crippen LogP contribution in [0.15, 0.2) is 42.5 Å². The molecule has 2 nitrogen and oxygen atoms in total. The molecule has 0 aromatic heterocycles. The van der Waals surface area contributed by atoms with Crippen LogP contribution < -0.4 is 5.32 Å². The maximum absolute atomic E-state index is 10.6. The Bertz CT molecular complexity index is 708. The lowest BCUT2D eigenvalue weighted by Gasteiger charge is -2.41. The van der Waals surface area contributed by atoms with Gasteiger partial charge in [0.1, 0.15) is 0 Å². The first kappa shape index (κ1) is 14.2. The Kier molecular flexibility index (Phi) is 3.11. The molecule has 2 aromatic rings. The fraction of sp³-hybridized carbons (Fsp3) is 0.500. The van der Waals surface area contributed by atoms with E-state index in [0.29, 0.717) is 5.92 Å². The second kappa shape index (κ2) is 4.81. The highest BCUT2D eigenvalue weighted by atomic mass is 16.3. The van der Waals surface area contributed by atoms with Crippen molar-refractivity contribution in [3.63, 3.8) is 0 Å². The third kappa shape index (κ3) is 1.87. The molecular weight excluding hydrogens is 270 g/mol. The third-order valence-corrected chi connectivity index (χ3v) is 6.56. The zero-order chi connectivity index (χ0) is 15.4. The lowest BCUT2D eigenvalue weighted by molar-refractivity contribution is 0.0366. The number of fused-ring (bicyclic) bond motifs is 3. The summed E-state index contributed by atoms with van der Waals surface area (Å²) in [4.78, 5) is 0. The largest absolute Gasteiger partial charge is 0.391 e. The Morgan fingerprint density at radius 2 is 1.91 bits per heavy atom. The summed E-state index contributed by atoms with van der Waals surface area (Å²) in [5, 5.41) is 16.9. The molecule has 22 heavy (non-hydrogen) atoms. The molecule has 2 aliphatic carbocycles. The molecule has 3 atom stereocenters. The minimum absolute atomic E-state index is 0.108. The summed E-state index contributed by atoms with van der Waals surface area (Å²) < 4.78 is 0. The van der Waals surface area contributed by atoms with Crippen LogP contribution in [0.5, 0.6) is 0 Å². The predicted molar refractivity (Wildman–Crippen MR) is 90.6 cm³/mol. The highest BCUT2D eigenvalue weighted by molar-refractivity contribution is 5.82. The van der Waals surface area contributed by atoms with E-state index in [4.69, 9.17) is 0 Å². The molecule has 0 spiro atoms. The van der Waals surface area contributed by atoms with Gasteiger partial charge in [0.2, 0.25) is 0 Å². The molecule has 0 heterocycles. The van der Waals surface area contributed by atoms with E-state index in [9.17, 15) is 5.11 Å². The van der Waals surface area contributed by atoms with E-state index in [1.54, 1.807) is 0 Å². The fourth-order valence-electron chi connectivity index (χ4n) is 4.97. The molecule has 2 saturated carbocycles.